The number of nitrogens with zero attached hydrogens (tertiary/aromatic N) is 4. The third kappa shape index (κ3) is 3.14. The summed E-state index contributed by atoms with van der Waals surface area (Å²) in [6.07, 6.45) is 1.27. The molecule has 142 valence electrons. The third-order valence-corrected chi connectivity index (χ3v) is 4.57. The maximum atomic E-state index is 13.0. The molecule has 1 unspecified atom stereocenters. The van der Waals surface area contributed by atoms with Gasteiger partial charge in [-0.25, -0.2) is 5.01 Å². The number of carbonyl (C=O) groups excluding carboxylic acids is 2. The summed E-state index contributed by atoms with van der Waals surface area (Å²) in [5.74, 6) is 0.0193. The Labute approximate surface area is 165 Å². The fourth-order valence-corrected chi connectivity index (χ4v) is 3.17. The average molecular weight is 396 g/mol. The first-order valence-electron chi connectivity index (χ1n) is 8.47. The highest BCUT2D eigenvalue weighted by molar-refractivity contribution is 7.80. The van der Waals surface area contributed by atoms with Gasteiger partial charge in [0.2, 0.25) is 0 Å². The lowest BCUT2D eigenvalue weighted by Gasteiger charge is -2.29. The first kappa shape index (κ1) is 17.9. The number of benzene rings is 1. The van der Waals surface area contributed by atoms with Crippen LogP contribution in [0.2, 0.25) is 0 Å². The van der Waals surface area contributed by atoms with Gasteiger partial charge in [-0.1, -0.05) is 5.22 Å². The minimum absolute atomic E-state index is 0.0215. The maximum Gasteiger partial charge on any atom is 0.270 e. The Morgan fingerprint density at radius 2 is 1.86 bits per heavy atom. The molecule has 2 aliphatic heterocycles. The SMILES string of the molecule is Cc1ccc(C=C2C(=O)NC(=S)N(c3ccc(N4NN=NC4C)cc3)C2=O)o1. The summed E-state index contributed by atoms with van der Waals surface area (Å²) in [4.78, 5) is 26.5. The van der Waals surface area contributed by atoms with Crippen molar-refractivity contribution in [1.29, 1.82) is 0 Å². The molecule has 0 radical (unpaired) electrons. The number of rotatable bonds is 3. The van der Waals surface area contributed by atoms with Crippen LogP contribution in [0.4, 0.5) is 11.4 Å². The monoisotopic (exact) mass is 396 g/mol. The van der Waals surface area contributed by atoms with Gasteiger partial charge in [-0.2, -0.15) is 5.53 Å². The van der Waals surface area contributed by atoms with Crippen molar-refractivity contribution >= 4 is 46.6 Å². The molecule has 0 saturated carbocycles. The first-order chi connectivity index (χ1) is 13.4. The zero-order valence-electron chi connectivity index (χ0n) is 15.0. The number of nitrogens with one attached hydrogen (secondary N) is 2. The molecule has 1 aromatic carbocycles. The molecule has 0 aliphatic carbocycles. The summed E-state index contributed by atoms with van der Waals surface area (Å²) >= 11 is 5.21. The van der Waals surface area contributed by atoms with Crippen molar-refractivity contribution in [3.05, 3.63) is 53.5 Å². The van der Waals surface area contributed by atoms with Crippen LogP contribution in [-0.2, 0) is 9.59 Å². The molecule has 28 heavy (non-hydrogen) atoms. The van der Waals surface area contributed by atoms with Crippen molar-refractivity contribution in [2.24, 2.45) is 10.3 Å². The second kappa shape index (κ2) is 6.89. The minimum atomic E-state index is -0.560. The first-order valence-corrected chi connectivity index (χ1v) is 8.87. The van der Waals surface area contributed by atoms with Gasteiger partial charge in [0.15, 0.2) is 11.3 Å². The van der Waals surface area contributed by atoms with Gasteiger partial charge in [-0.05, 0) is 68.5 Å². The standard InChI is InChI=1S/C18H16N6O3S/c1-10-3-8-14(27-10)9-15-16(25)19-18(28)23(17(15)26)12-4-6-13(7-5-12)24-11(2)20-21-22-24/h3-9,11H,1-2H3,(H,20,22)(H,19,25,28). The van der Waals surface area contributed by atoms with E-state index in [1.54, 1.807) is 48.3 Å². The van der Waals surface area contributed by atoms with E-state index in [-0.39, 0.29) is 16.9 Å². The lowest BCUT2D eigenvalue weighted by Crippen LogP contribution is -2.54. The molecule has 1 aromatic heterocycles. The van der Waals surface area contributed by atoms with E-state index in [1.807, 2.05) is 6.92 Å². The van der Waals surface area contributed by atoms with Gasteiger partial charge in [0.25, 0.3) is 11.8 Å². The molecule has 9 nitrogen and oxygen atoms in total. The van der Waals surface area contributed by atoms with E-state index in [9.17, 15) is 9.59 Å². The summed E-state index contributed by atoms with van der Waals surface area (Å²) in [6, 6.07) is 10.5. The molecule has 4 rings (SSSR count). The van der Waals surface area contributed by atoms with Gasteiger partial charge >= 0.3 is 0 Å². The highest BCUT2D eigenvalue weighted by Gasteiger charge is 2.34. The van der Waals surface area contributed by atoms with E-state index in [1.165, 1.54) is 11.0 Å². The smallest absolute Gasteiger partial charge is 0.270 e. The van der Waals surface area contributed by atoms with Crippen LogP contribution >= 0.6 is 12.2 Å². The number of amides is 2. The number of anilines is 2. The number of carbonyl (C=O) groups is 2. The number of furan rings is 1. The van der Waals surface area contributed by atoms with E-state index < -0.39 is 11.8 Å². The van der Waals surface area contributed by atoms with E-state index in [4.69, 9.17) is 16.6 Å². The van der Waals surface area contributed by atoms with E-state index in [0.29, 0.717) is 17.2 Å². The molecule has 2 amide bonds. The lowest BCUT2D eigenvalue weighted by atomic mass is 10.1. The Morgan fingerprint density at radius 1 is 1.14 bits per heavy atom. The Hall–Kier alpha value is -3.53. The Balaban J connectivity index is 1.63. The molecule has 1 saturated heterocycles. The summed E-state index contributed by atoms with van der Waals surface area (Å²) in [7, 11) is 0. The van der Waals surface area contributed by atoms with Crippen LogP contribution in [-0.4, -0.2) is 23.1 Å². The molecule has 2 aliphatic rings. The minimum Gasteiger partial charge on any atom is -0.462 e. The zero-order valence-corrected chi connectivity index (χ0v) is 15.9. The van der Waals surface area contributed by atoms with Crippen LogP contribution in [0.3, 0.4) is 0 Å². The van der Waals surface area contributed by atoms with E-state index in [2.05, 4.69) is 21.2 Å². The quantitative estimate of drug-likeness (QED) is 0.469. The Bertz CT molecular complexity index is 1030. The molecule has 1 fully saturated rings. The fourth-order valence-electron chi connectivity index (χ4n) is 2.89. The number of aryl methyl sites for hydroxylation is 1. The van der Waals surface area contributed by atoms with Crippen LogP contribution in [0.1, 0.15) is 18.4 Å². The number of hydrogen-bond acceptors (Lipinski definition) is 8. The van der Waals surface area contributed by atoms with Crippen LogP contribution < -0.4 is 20.8 Å². The van der Waals surface area contributed by atoms with Crippen molar-refractivity contribution in [3.63, 3.8) is 0 Å². The lowest BCUT2D eigenvalue weighted by molar-refractivity contribution is -0.122. The summed E-state index contributed by atoms with van der Waals surface area (Å²) in [5.41, 5.74) is 4.08. The van der Waals surface area contributed by atoms with Crippen molar-refractivity contribution in [3.8, 4) is 0 Å². The largest absolute Gasteiger partial charge is 0.462 e. The molecule has 1 atom stereocenters. The van der Waals surface area contributed by atoms with Crippen LogP contribution in [0.25, 0.3) is 6.08 Å². The van der Waals surface area contributed by atoms with Gasteiger partial charge in [-0.15, -0.1) is 5.11 Å². The van der Waals surface area contributed by atoms with Gasteiger partial charge in [0.1, 0.15) is 17.1 Å². The second-order valence-electron chi connectivity index (χ2n) is 6.24. The Kier molecular flexibility index (Phi) is 4.40. The second-order valence-corrected chi connectivity index (χ2v) is 6.63. The maximum absolute atomic E-state index is 13.0. The molecule has 3 heterocycles. The summed E-state index contributed by atoms with van der Waals surface area (Å²) in [5, 5.41) is 12.1. The van der Waals surface area contributed by atoms with E-state index in [0.717, 1.165) is 5.69 Å². The van der Waals surface area contributed by atoms with Crippen LogP contribution in [0.5, 0.6) is 0 Å². The predicted molar refractivity (Wildman–Crippen MR) is 106 cm³/mol. The number of hydrogen-bond donors (Lipinski definition) is 2. The zero-order chi connectivity index (χ0) is 19.8. The predicted octanol–water partition coefficient (Wildman–Crippen LogP) is 2.46. The van der Waals surface area contributed by atoms with Crippen molar-refractivity contribution in [2.45, 2.75) is 20.0 Å². The van der Waals surface area contributed by atoms with Crippen LogP contribution in [0, 0.1) is 6.92 Å². The fraction of sp³-hybridized carbons (Fsp3) is 0.167. The molecular formula is C18H16N6O3S. The van der Waals surface area contributed by atoms with Crippen molar-refractivity contribution in [1.82, 2.24) is 10.9 Å². The summed E-state index contributed by atoms with van der Waals surface area (Å²) < 4.78 is 5.44. The molecule has 2 N–H and O–H groups in total. The van der Waals surface area contributed by atoms with Gasteiger partial charge < -0.3 is 4.42 Å². The number of hydrazine groups is 1. The number of thiocarbonyl (C=S) groups is 1. The third-order valence-electron chi connectivity index (χ3n) is 4.29. The van der Waals surface area contributed by atoms with Crippen molar-refractivity contribution in [2.75, 3.05) is 9.91 Å². The Morgan fingerprint density at radius 3 is 2.46 bits per heavy atom. The van der Waals surface area contributed by atoms with Gasteiger partial charge in [0.05, 0.1) is 11.4 Å². The molecular weight excluding hydrogens is 380 g/mol. The highest BCUT2D eigenvalue weighted by atomic mass is 32.1. The van der Waals surface area contributed by atoms with E-state index >= 15 is 0 Å². The van der Waals surface area contributed by atoms with Gasteiger partial charge in [-0.3, -0.25) is 19.8 Å². The summed E-state index contributed by atoms with van der Waals surface area (Å²) in [6.45, 7) is 3.67. The van der Waals surface area contributed by atoms with Crippen molar-refractivity contribution < 1.29 is 14.0 Å². The molecule has 10 heteroatoms. The highest BCUT2D eigenvalue weighted by Crippen LogP contribution is 2.26. The molecule has 0 bridgehead atoms. The van der Waals surface area contributed by atoms with Crippen LogP contribution in [0.15, 0.2) is 56.7 Å². The molecule has 2 aromatic rings. The normalized spacial score (nSPS) is 20.7. The molecule has 0 spiro atoms. The van der Waals surface area contributed by atoms with Gasteiger partial charge in [0, 0.05) is 0 Å². The average Bonchev–Trinajstić information content (AvgIpc) is 3.27. The topological polar surface area (TPSA) is 103 Å².